The number of thiazole rings is 1. The number of morpholine rings is 1. The van der Waals surface area contributed by atoms with E-state index in [1.165, 1.54) is 6.42 Å². The van der Waals surface area contributed by atoms with E-state index in [1.807, 2.05) is 5.38 Å². The first-order valence-corrected chi connectivity index (χ1v) is 8.21. The Hall–Kier alpha value is -1.14. The Morgan fingerprint density at radius 3 is 3.00 bits per heavy atom. The quantitative estimate of drug-likeness (QED) is 0.780. The number of aromatic nitrogens is 1. The molecule has 0 bridgehead atoms. The van der Waals surface area contributed by atoms with Gasteiger partial charge in [-0.15, -0.1) is 11.3 Å². The number of amides is 1. The number of ether oxygens (including phenoxy) is 1. The number of carbonyl (C=O) groups excluding carboxylic acids is 1. The van der Waals surface area contributed by atoms with Crippen LogP contribution in [0.15, 0.2) is 5.38 Å². The molecule has 2 heterocycles. The molecule has 0 spiro atoms. The van der Waals surface area contributed by atoms with Crippen LogP contribution in [0.5, 0.6) is 0 Å². The summed E-state index contributed by atoms with van der Waals surface area (Å²) in [6, 6.07) is 0. The SMILES string of the molecule is CCCCCNC(=O)Cc1csc(N2CCOCC2)n1. The number of nitrogens with zero attached hydrogens (tertiary/aromatic N) is 2. The molecule has 1 aliphatic heterocycles. The first kappa shape index (κ1) is 15.3. The second kappa shape index (κ2) is 8.21. The molecule has 0 atom stereocenters. The van der Waals surface area contributed by atoms with Crippen molar-refractivity contribution in [3.63, 3.8) is 0 Å². The van der Waals surface area contributed by atoms with Crippen LogP contribution in [-0.4, -0.2) is 43.7 Å². The van der Waals surface area contributed by atoms with Crippen molar-refractivity contribution >= 4 is 22.4 Å². The van der Waals surface area contributed by atoms with Gasteiger partial charge in [-0.3, -0.25) is 4.79 Å². The number of nitrogens with one attached hydrogen (secondary N) is 1. The molecule has 1 aromatic heterocycles. The zero-order valence-electron chi connectivity index (χ0n) is 12.1. The van der Waals surface area contributed by atoms with Crippen molar-refractivity contribution in [1.29, 1.82) is 0 Å². The summed E-state index contributed by atoms with van der Waals surface area (Å²) in [6.07, 6.45) is 3.77. The molecule has 1 N–H and O–H groups in total. The van der Waals surface area contributed by atoms with E-state index < -0.39 is 0 Å². The highest BCUT2D eigenvalue weighted by Crippen LogP contribution is 2.21. The van der Waals surface area contributed by atoms with Crippen LogP contribution in [0, 0.1) is 0 Å². The Bertz CT molecular complexity index is 416. The highest BCUT2D eigenvalue weighted by molar-refractivity contribution is 7.13. The second-order valence-corrected chi connectivity index (χ2v) is 5.79. The lowest BCUT2D eigenvalue weighted by Crippen LogP contribution is -2.36. The van der Waals surface area contributed by atoms with E-state index >= 15 is 0 Å². The zero-order chi connectivity index (χ0) is 14.2. The third-order valence-corrected chi connectivity index (χ3v) is 4.22. The third kappa shape index (κ3) is 4.76. The minimum atomic E-state index is 0.0694. The van der Waals surface area contributed by atoms with E-state index in [-0.39, 0.29) is 5.91 Å². The number of hydrogen-bond donors (Lipinski definition) is 1. The van der Waals surface area contributed by atoms with E-state index in [0.717, 1.165) is 56.5 Å². The van der Waals surface area contributed by atoms with Gasteiger partial charge in [-0.05, 0) is 6.42 Å². The predicted octanol–water partition coefficient (Wildman–Crippen LogP) is 1.83. The molecule has 1 aliphatic rings. The van der Waals surface area contributed by atoms with Gasteiger partial charge in [0, 0.05) is 25.0 Å². The summed E-state index contributed by atoms with van der Waals surface area (Å²) >= 11 is 1.61. The van der Waals surface area contributed by atoms with Gasteiger partial charge >= 0.3 is 0 Å². The minimum absolute atomic E-state index is 0.0694. The summed E-state index contributed by atoms with van der Waals surface area (Å²) in [6.45, 7) is 6.21. The van der Waals surface area contributed by atoms with Crippen molar-refractivity contribution in [3.05, 3.63) is 11.1 Å². The molecule has 1 amide bonds. The van der Waals surface area contributed by atoms with Gasteiger partial charge in [-0.2, -0.15) is 0 Å². The number of rotatable bonds is 7. The van der Waals surface area contributed by atoms with Crippen molar-refractivity contribution in [2.75, 3.05) is 37.7 Å². The smallest absolute Gasteiger partial charge is 0.226 e. The molecule has 1 fully saturated rings. The second-order valence-electron chi connectivity index (χ2n) is 4.95. The Kier molecular flexibility index (Phi) is 6.26. The molecule has 2 rings (SSSR count). The van der Waals surface area contributed by atoms with Crippen LogP contribution in [0.2, 0.25) is 0 Å². The fourth-order valence-electron chi connectivity index (χ4n) is 2.11. The van der Waals surface area contributed by atoms with Crippen molar-refractivity contribution in [2.24, 2.45) is 0 Å². The maximum atomic E-state index is 11.8. The molecular weight excluding hydrogens is 274 g/mol. The van der Waals surface area contributed by atoms with Crippen LogP contribution in [0.4, 0.5) is 5.13 Å². The van der Waals surface area contributed by atoms with Gasteiger partial charge in [0.2, 0.25) is 5.91 Å². The highest BCUT2D eigenvalue weighted by Gasteiger charge is 2.15. The molecule has 1 saturated heterocycles. The molecule has 0 unspecified atom stereocenters. The van der Waals surface area contributed by atoms with Gasteiger partial charge in [-0.1, -0.05) is 19.8 Å². The lowest BCUT2D eigenvalue weighted by molar-refractivity contribution is -0.120. The molecule has 1 aromatic rings. The Balaban J connectivity index is 1.75. The number of unbranched alkanes of at least 4 members (excludes halogenated alkanes) is 2. The fraction of sp³-hybridized carbons (Fsp3) is 0.714. The van der Waals surface area contributed by atoms with E-state index in [9.17, 15) is 4.79 Å². The Morgan fingerprint density at radius 1 is 1.45 bits per heavy atom. The van der Waals surface area contributed by atoms with Gasteiger partial charge in [0.1, 0.15) is 0 Å². The first-order valence-electron chi connectivity index (χ1n) is 7.33. The van der Waals surface area contributed by atoms with Crippen LogP contribution in [-0.2, 0) is 16.0 Å². The van der Waals surface area contributed by atoms with E-state index in [0.29, 0.717) is 6.42 Å². The summed E-state index contributed by atoms with van der Waals surface area (Å²) in [5.41, 5.74) is 0.865. The van der Waals surface area contributed by atoms with Crippen LogP contribution in [0.1, 0.15) is 31.9 Å². The van der Waals surface area contributed by atoms with Crippen molar-refractivity contribution in [1.82, 2.24) is 10.3 Å². The molecule has 0 saturated carbocycles. The Morgan fingerprint density at radius 2 is 2.25 bits per heavy atom. The fourth-order valence-corrected chi connectivity index (χ4v) is 2.99. The van der Waals surface area contributed by atoms with Crippen LogP contribution >= 0.6 is 11.3 Å². The van der Waals surface area contributed by atoms with Crippen LogP contribution in [0.25, 0.3) is 0 Å². The number of anilines is 1. The van der Waals surface area contributed by atoms with Crippen molar-refractivity contribution in [3.8, 4) is 0 Å². The highest BCUT2D eigenvalue weighted by atomic mass is 32.1. The van der Waals surface area contributed by atoms with Crippen LogP contribution in [0.3, 0.4) is 0 Å². The predicted molar refractivity (Wildman–Crippen MR) is 81.4 cm³/mol. The summed E-state index contributed by atoms with van der Waals surface area (Å²) < 4.78 is 5.33. The number of carbonyl (C=O) groups is 1. The molecule has 6 heteroatoms. The molecule has 0 radical (unpaired) electrons. The topological polar surface area (TPSA) is 54.5 Å². The number of hydrogen-bond acceptors (Lipinski definition) is 5. The molecule has 112 valence electrons. The van der Waals surface area contributed by atoms with Gasteiger partial charge in [0.15, 0.2) is 5.13 Å². The van der Waals surface area contributed by atoms with Crippen LogP contribution < -0.4 is 10.2 Å². The summed E-state index contributed by atoms with van der Waals surface area (Å²) in [5, 5.41) is 5.93. The molecular formula is C14H23N3O2S. The van der Waals surface area contributed by atoms with E-state index in [4.69, 9.17) is 4.74 Å². The molecule has 5 nitrogen and oxygen atoms in total. The standard InChI is InChI=1S/C14H23N3O2S/c1-2-3-4-5-15-13(18)10-12-11-20-14(16-12)17-6-8-19-9-7-17/h11H,2-10H2,1H3,(H,15,18). The largest absolute Gasteiger partial charge is 0.378 e. The average molecular weight is 297 g/mol. The lowest BCUT2D eigenvalue weighted by Gasteiger charge is -2.26. The molecule has 0 aliphatic carbocycles. The van der Waals surface area contributed by atoms with Crippen molar-refractivity contribution < 1.29 is 9.53 Å². The van der Waals surface area contributed by atoms with Gasteiger partial charge in [0.25, 0.3) is 0 Å². The lowest BCUT2D eigenvalue weighted by atomic mass is 10.2. The first-order chi connectivity index (χ1) is 9.79. The van der Waals surface area contributed by atoms with Gasteiger partial charge in [0.05, 0.1) is 25.3 Å². The zero-order valence-corrected chi connectivity index (χ0v) is 12.9. The maximum Gasteiger partial charge on any atom is 0.226 e. The van der Waals surface area contributed by atoms with E-state index in [1.54, 1.807) is 11.3 Å². The summed E-state index contributed by atoms with van der Waals surface area (Å²) in [4.78, 5) is 18.5. The minimum Gasteiger partial charge on any atom is -0.378 e. The van der Waals surface area contributed by atoms with Gasteiger partial charge < -0.3 is 15.0 Å². The van der Waals surface area contributed by atoms with Gasteiger partial charge in [-0.25, -0.2) is 4.98 Å². The molecule has 0 aromatic carbocycles. The monoisotopic (exact) mass is 297 g/mol. The normalized spacial score (nSPS) is 15.3. The third-order valence-electron chi connectivity index (χ3n) is 3.27. The van der Waals surface area contributed by atoms with E-state index in [2.05, 4.69) is 22.1 Å². The average Bonchev–Trinajstić information content (AvgIpc) is 2.93. The summed E-state index contributed by atoms with van der Waals surface area (Å²) in [5.74, 6) is 0.0694. The Labute approximate surface area is 124 Å². The maximum absolute atomic E-state index is 11.8. The summed E-state index contributed by atoms with van der Waals surface area (Å²) in [7, 11) is 0. The van der Waals surface area contributed by atoms with Crippen molar-refractivity contribution in [2.45, 2.75) is 32.6 Å². The molecule has 20 heavy (non-hydrogen) atoms.